The number of piperidine rings is 1. The molecule has 1 aliphatic rings. The Bertz CT molecular complexity index is 622. The summed E-state index contributed by atoms with van der Waals surface area (Å²) in [6.07, 6.45) is 3.41. The van der Waals surface area contributed by atoms with E-state index in [0.717, 1.165) is 31.6 Å². The second-order valence-corrected chi connectivity index (χ2v) is 5.66. The molecule has 118 valence electrons. The minimum Gasteiger partial charge on any atom is -0.395 e. The number of hydrogen-bond acceptors (Lipinski definition) is 3. The van der Waals surface area contributed by atoms with E-state index in [-0.39, 0.29) is 18.1 Å². The minimum absolute atomic E-state index is 0.0227. The number of nitrogens with one attached hydrogen (secondary N) is 1. The van der Waals surface area contributed by atoms with Crippen LogP contribution in [-0.2, 0) is 0 Å². The van der Waals surface area contributed by atoms with Gasteiger partial charge in [0.1, 0.15) is 11.6 Å². The van der Waals surface area contributed by atoms with Gasteiger partial charge >= 0.3 is 0 Å². The summed E-state index contributed by atoms with van der Waals surface area (Å²) in [5, 5.41) is 16.0. The lowest BCUT2D eigenvalue weighted by atomic mass is 9.90. The molecule has 0 spiro atoms. The molecule has 2 heterocycles. The highest BCUT2D eigenvalue weighted by Gasteiger charge is 2.26. The molecule has 0 aliphatic carbocycles. The van der Waals surface area contributed by atoms with Crippen LogP contribution in [0.1, 0.15) is 24.5 Å². The molecule has 0 saturated carbocycles. The summed E-state index contributed by atoms with van der Waals surface area (Å²) >= 11 is 0. The van der Waals surface area contributed by atoms with Gasteiger partial charge in [-0.05, 0) is 31.5 Å². The molecule has 1 aliphatic heterocycles. The second kappa shape index (κ2) is 6.54. The smallest absolute Gasteiger partial charge is 0.134 e. The number of aromatic nitrogens is 2. The third-order valence-corrected chi connectivity index (χ3v) is 4.23. The van der Waals surface area contributed by atoms with Crippen LogP contribution >= 0.6 is 0 Å². The van der Waals surface area contributed by atoms with Gasteiger partial charge in [-0.3, -0.25) is 5.10 Å². The Morgan fingerprint density at radius 2 is 2.09 bits per heavy atom. The first-order valence-corrected chi connectivity index (χ1v) is 7.51. The summed E-state index contributed by atoms with van der Waals surface area (Å²) in [7, 11) is 0. The molecule has 0 radical (unpaired) electrons. The zero-order valence-corrected chi connectivity index (χ0v) is 12.2. The van der Waals surface area contributed by atoms with E-state index in [1.54, 1.807) is 0 Å². The van der Waals surface area contributed by atoms with Gasteiger partial charge < -0.3 is 10.0 Å². The van der Waals surface area contributed by atoms with Crippen LogP contribution in [0.4, 0.5) is 8.78 Å². The highest BCUT2D eigenvalue weighted by Crippen LogP contribution is 2.35. The molecule has 0 amide bonds. The fraction of sp³-hybridized carbons (Fsp3) is 0.438. The summed E-state index contributed by atoms with van der Waals surface area (Å²) in [6.45, 7) is 2.43. The molecule has 22 heavy (non-hydrogen) atoms. The van der Waals surface area contributed by atoms with Crippen molar-refractivity contribution < 1.29 is 13.9 Å². The van der Waals surface area contributed by atoms with E-state index < -0.39 is 11.6 Å². The number of H-pyrrole nitrogens is 1. The average molecular weight is 307 g/mol. The predicted molar refractivity (Wildman–Crippen MR) is 79.4 cm³/mol. The van der Waals surface area contributed by atoms with Crippen molar-refractivity contribution in [3.63, 3.8) is 0 Å². The number of aliphatic hydroxyl groups is 1. The van der Waals surface area contributed by atoms with E-state index >= 15 is 0 Å². The van der Waals surface area contributed by atoms with Gasteiger partial charge in [-0.25, -0.2) is 8.78 Å². The number of aromatic amines is 1. The highest BCUT2D eigenvalue weighted by molar-refractivity contribution is 5.67. The highest BCUT2D eigenvalue weighted by atomic mass is 19.1. The number of benzene rings is 1. The Labute approximate surface area is 127 Å². The van der Waals surface area contributed by atoms with Crippen LogP contribution in [0.3, 0.4) is 0 Å². The van der Waals surface area contributed by atoms with Gasteiger partial charge in [-0.2, -0.15) is 5.10 Å². The van der Waals surface area contributed by atoms with Crippen LogP contribution in [-0.4, -0.2) is 46.4 Å². The lowest BCUT2D eigenvalue weighted by molar-refractivity contribution is 0.160. The molecule has 6 heteroatoms. The van der Waals surface area contributed by atoms with E-state index in [4.69, 9.17) is 5.11 Å². The van der Waals surface area contributed by atoms with Crippen molar-refractivity contribution in [2.45, 2.75) is 18.8 Å². The van der Waals surface area contributed by atoms with E-state index in [2.05, 4.69) is 15.1 Å². The van der Waals surface area contributed by atoms with Gasteiger partial charge in [-0.1, -0.05) is 6.07 Å². The standard InChI is InChI=1S/C16H19F2N3O/c17-13-4-1-5-14(18)15(13)12-9-19-20-16(12)11-3-2-6-21(10-11)7-8-22/h1,4-5,9,11,22H,2-3,6-8,10H2,(H,19,20). The number of nitrogens with zero attached hydrogens (tertiary/aromatic N) is 2. The van der Waals surface area contributed by atoms with Gasteiger partial charge in [0, 0.05) is 30.3 Å². The van der Waals surface area contributed by atoms with Crippen molar-refractivity contribution in [2.24, 2.45) is 0 Å². The van der Waals surface area contributed by atoms with Crippen molar-refractivity contribution in [1.82, 2.24) is 15.1 Å². The van der Waals surface area contributed by atoms with Crippen molar-refractivity contribution in [3.8, 4) is 11.1 Å². The van der Waals surface area contributed by atoms with Crippen molar-refractivity contribution in [3.05, 3.63) is 41.7 Å². The SMILES string of the molecule is OCCN1CCCC(c2[nH]ncc2-c2c(F)cccc2F)C1. The maximum absolute atomic E-state index is 14.0. The van der Waals surface area contributed by atoms with Crippen LogP contribution in [0.2, 0.25) is 0 Å². The summed E-state index contributed by atoms with van der Waals surface area (Å²) in [5.41, 5.74) is 1.24. The minimum atomic E-state index is -0.578. The Kier molecular flexibility index (Phi) is 4.49. The Morgan fingerprint density at radius 1 is 1.32 bits per heavy atom. The first-order chi connectivity index (χ1) is 10.7. The van der Waals surface area contributed by atoms with Gasteiger partial charge in [0.15, 0.2) is 0 Å². The zero-order chi connectivity index (χ0) is 15.5. The molecule has 1 aromatic carbocycles. The Morgan fingerprint density at radius 3 is 2.82 bits per heavy atom. The van der Waals surface area contributed by atoms with E-state index in [1.807, 2.05) is 0 Å². The maximum atomic E-state index is 14.0. The molecule has 3 rings (SSSR count). The summed E-state index contributed by atoms with van der Waals surface area (Å²) in [4.78, 5) is 2.16. The first kappa shape index (κ1) is 15.1. The quantitative estimate of drug-likeness (QED) is 0.912. The Hall–Kier alpha value is -1.79. The molecule has 1 unspecified atom stereocenters. The normalized spacial score (nSPS) is 19.5. The lowest BCUT2D eigenvalue weighted by Crippen LogP contribution is -2.36. The average Bonchev–Trinajstić information content (AvgIpc) is 2.97. The van der Waals surface area contributed by atoms with Crippen LogP contribution in [0.25, 0.3) is 11.1 Å². The summed E-state index contributed by atoms with van der Waals surface area (Å²) in [5.74, 6) is -1.02. The molecular formula is C16H19F2N3O. The molecule has 2 N–H and O–H groups in total. The third-order valence-electron chi connectivity index (χ3n) is 4.23. The van der Waals surface area contributed by atoms with Crippen LogP contribution in [0, 0.1) is 11.6 Å². The summed E-state index contributed by atoms with van der Waals surface area (Å²) in [6, 6.07) is 3.87. The van der Waals surface area contributed by atoms with Crippen molar-refractivity contribution in [1.29, 1.82) is 0 Å². The maximum Gasteiger partial charge on any atom is 0.134 e. The van der Waals surface area contributed by atoms with E-state index in [9.17, 15) is 8.78 Å². The van der Waals surface area contributed by atoms with Gasteiger partial charge in [0.25, 0.3) is 0 Å². The molecule has 1 atom stereocenters. The number of aliphatic hydroxyl groups excluding tert-OH is 1. The number of β-amino-alcohol motifs (C(OH)–C–C–N with tert-alkyl or cyclic N) is 1. The molecule has 2 aromatic rings. The van der Waals surface area contributed by atoms with Crippen LogP contribution in [0.5, 0.6) is 0 Å². The molecule has 4 nitrogen and oxygen atoms in total. The molecule has 1 fully saturated rings. The lowest BCUT2D eigenvalue weighted by Gasteiger charge is -2.32. The topological polar surface area (TPSA) is 52.1 Å². The fourth-order valence-corrected chi connectivity index (χ4v) is 3.20. The Balaban J connectivity index is 1.92. The fourth-order valence-electron chi connectivity index (χ4n) is 3.20. The van der Waals surface area contributed by atoms with Crippen molar-refractivity contribution in [2.75, 3.05) is 26.2 Å². The zero-order valence-electron chi connectivity index (χ0n) is 12.2. The molecule has 1 saturated heterocycles. The molecule has 1 aromatic heterocycles. The van der Waals surface area contributed by atoms with Gasteiger partial charge in [0.2, 0.25) is 0 Å². The third kappa shape index (κ3) is 2.89. The number of hydrogen-bond donors (Lipinski definition) is 2. The van der Waals surface area contributed by atoms with Gasteiger partial charge in [0.05, 0.1) is 18.4 Å². The van der Waals surface area contributed by atoms with Gasteiger partial charge in [-0.15, -0.1) is 0 Å². The summed E-state index contributed by atoms with van der Waals surface area (Å²) < 4.78 is 28.1. The number of likely N-dealkylation sites (tertiary alicyclic amines) is 1. The number of halogens is 2. The van der Waals surface area contributed by atoms with Crippen LogP contribution in [0.15, 0.2) is 24.4 Å². The predicted octanol–water partition coefficient (Wildman–Crippen LogP) is 2.53. The van der Waals surface area contributed by atoms with E-state index in [1.165, 1.54) is 24.4 Å². The molecule has 0 bridgehead atoms. The van der Waals surface area contributed by atoms with E-state index in [0.29, 0.717) is 12.1 Å². The first-order valence-electron chi connectivity index (χ1n) is 7.51. The second-order valence-electron chi connectivity index (χ2n) is 5.66. The monoisotopic (exact) mass is 307 g/mol. The largest absolute Gasteiger partial charge is 0.395 e. The van der Waals surface area contributed by atoms with Crippen molar-refractivity contribution >= 4 is 0 Å². The molecular weight excluding hydrogens is 288 g/mol. The van der Waals surface area contributed by atoms with Crippen LogP contribution < -0.4 is 0 Å². The number of rotatable bonds is 4.